The van der Waals surface area contributed by atoms with Gasteiger partial charge in [0.15, 0.2) is 0 Å². The van der Waals surface area contributed by atoms with E-state index in [1.807, 2.05) is 0 Å². The average Bonchev–Trinajstić information content (AvgIpc) is 3.79. The van der Waals surface area contributed by atoms with E-state index >= 15 is 0 Å². The third kappa shape index (κ3) is 5.34. The number of fused-ring (bicyclic) bond motifs is 6. The van der Waals surface area contributed by atoms with Crippen molar-refractivity contribution < 1.29 is 0 Å². The lowest BCUT2D eigenvalue weighted by atomic mass is 9.97. The maximum atomic E-state index is 2.40. The van der Waals surface area contributed by atoms with Crippen molar-refractivity contribution in [1.29, 1.82) is 0 Å². The van der Waals surface area contributed by atoms with Gasteiger partial charge in [0.25, 0.3) is 0 Å². The molecule has 0 atom stereocenters. The Morgan fingerprint density at radius 3 is 0.893 bits per heavy atom. The number of para-hydroxylation sites is 2. The summed E-state index contributed by atoms with van der Waals surface area (Å²) in [6.45, 7) is 0. The normalized spacial score (nSPS) is 11.6. The van der Waals surface area contributed by atoms with Crippen LogP contribution in [-0.4, -0.2) is 9.13 Å². The average molecular weight is 713 g/mol. The number of benzene rings is 9. The molecule has 0 amide bonds. The topological polar surface area (TPSA) is 9.86 Å². The Balaban J connectivity index is 0.996. The van der Waals surface area contributed by atoms with Crippen LogP contribution in [0.15, 0.2) is 218 Å². The summed E-state index contributed by atoms with van der Waals surface area (Å²) in [4.78, 5) is 0. The van der Waals surface area contributed by atoms with Gasteiger partial charge in [-0.25, -0.2) is 0 Å². The minimum atomic E-state index is 1.16. The Morgan fingerprint density at radius 2 is 0.500 bits per heavy atom. The van der Waals surface area contributed by atoms with Gasteiger partial charge in [0.05, 0.1) is 22.1 Å². The first kappa shape index (κ1) is 32.0. The molecule has 0 radical (unpaired) electrons. The van der Waals surface area contributed by atoms with Crippen LogP contribution in [0, 0.1) is 0 Å². The number of hydrogen-bond acceptors (Lipinski definition) is 0. The molecule has 0 fully saturated rings. The molecule has 0 N–H and O–H groups in total. The standard InChI is InChI=1S/C54H36N2/c1-5-13-37(14-6-1)43-25-29-47-49-33-41(27-31-51(49)55(53(47)35-43)45-17-9-3-10-18-45)39-21-23-40(24-22-39)42-28-32-52-50(34-42)48-30-26-44(38-15-7-2-8-16-38)36-54(48)56(52)46-19-11-4-12-20-46/h1-36H. The summed E-state index contributed by atoms with van der Waals surface area (Å²) in [6, 6.07) is 79.4. The minimum absolute atomic E-state index is 1.16. The minimum Gasteiger partial charge on any atom is -0.309 e. The predicted molar refractivity (Wildman–Crippen MR) is 237 cm³/mol. The van der Waals surface area contributed by atoms with Crippen LogP contribution in [-0.2, 0) is 0 Å². The van der Waals surface area contributed by atoms with Crippen LogP contribution in [0.1, 0.15) is 0 Å². The fourth-order valence-electron chi connectivity index (χ4n) is 8.59. The van der Waals surface area contributed by atoms with Crippen LogP contribution < -0.4 is 0 Å². The van der Waals surface area contributed by atoms with Crippen molar-refractivity contribution in [3.05, 3.63) is 218 Å². The molecule has 11 rings (SSSR count). The van der Waals surface area contributed by atoms with Crippen molar-refractivity contribution in [2.45, 2.75) is 0 Å². The number of rotatable bonds is 6. The molecule has 9 aromatic carbocycles. The molecule has 2 nitrogen and oxygen atoms in total. The molecule has 2 heterocycles. The van der Waals surface area contributed by atoms with Crippen LogP contribution in [0.4, 0.5) is 0 Å². The first-order valence-corrected chi connectivity index (χ1v) is 19.3. The van der Waals surface area contributed by atoms with Crippen LogP contribution >= 0.6 is 0 Å². The summed E-state index contributed by atoms with van der Waals surface area (Å²) in [6.07, 6.45) is 0. The maximum absolute atomic E-state index is 2.40. The quantitative estimate of drug-likeness (QED) is 0.162. The number of hydrogen-bond donors (Lipinski definition) is 0. The highest BCUT2D eigenvalue weighted by Gasteiger charge is 2.17. The Labute approximate surface area is 325 Å². The lowest BCUT2D eigenvalue weighted by molar-refractivity contribution is 1.18. The van der Waals surface area contributed by atoms with E-state index in [9.17, 15) is 0 Å². The van der Waals surface area contributed by atoms with Gasteiger partial charge >= 0.3 is 0 Å². The monoisotopic (exact) mass is 712 g/mol. The van der Waals surface area contributed by atoms with Gasteiger partial charge in [-0.2, -0.15) is 0 Å². The van der Waals surface area contributed by atoms with Crippen molar-refractivity contribution in [2.75, 3.05) is 0 Å². The Bertz CT molecular complexity index is 2970. The van der Waals surface area contributed by atoms with Gasteiger partial charge < -0.3 is 9.13 Å². The maximum Gasteiger partial charge on any atom is 0.0547 e. The Morgan fingerprint density at radius 1 is 0.196 bits per heavy atom. The third-order valence-corrected chi connectivity index (χ3v) is 11.3. The lowest BCUT2D eigenvalue weighted by Crippen LogP contribution is -1.93. The molecule has 0 aliphatic rings. The molecule has 2 aromatic heterocycles. The second kappa shape index (κ2) is 13.2. The summed E-state index contributed by atoms with van der Waals surface area (Å²) in [5, 5.41) is 5.00. The third-order valence-electron chi connectivity index (χ3n) is 11.3. The Hall–Kier alpha value is -7.42. The van der Waals surface area contributed by atoms with E-state index in [0.29, 0.717) is 0 Å². The van der Waals surface area contributed by atoms with Gasteiger partial charge in [0.2, 0.25) is 0 Å². The van der Waals surface area contributed by atoms with Crippen LogP contribution in [0.5, 0.6) is 0 Å². The smallest absolute Gasteiger partial charge is 0.0547 e. The predicted octanol–water partition coefficient (Wildman–Crippen LogP) is 14.5. The zero-order valence-electron chi connectivity index (χ0n) is 30.7. The van der Waals surface area contributed by atoms with Crippen molar-refractivity contribution in [3.63, 3.8) is 0 Å². The fraction of sp³-hybridized carbons (Fsp3) is 0. The molecule has 0 saturated heterocycles. The molecule has 56 heavy (non-hydrogen) atoms. The van der Waals surface area contributed by atoms with Gasteiger partial charge in [0.1, 0.15) is 0 Å². The molecule has 2 heteroatoms. The molecule has 0 bridgehead atoms. The summed E-state index contributed by atoms with van der Waals surface area (Å²) in [5.41, 5.74) is 16.8. The van der Waals surface area contributed by atoms with Crippen molar-refractivity contribution >= 4 is 43.6 Å². The summed E-state index contributed by atoms with van der Waals surface area (Å²) < 4.78 is 4.80. The van der Waals surface area contributed by atoms with E-state index in [2.05, 4.69) is 228 Å². The molecule has 0 spiro atoms. The molecule has 0 aliphatic heterocycles. The fourth-order valence-corrected chi connectivity index (χ4v) is 8.59. The van der Waals surface area contributed by atoms with Crippen LogP contribution in [0.3, 0.4) is 0 Å². The number of aromatic nitrogens is 2. The first-order chi connectivity index (χ1) is 27.8. The van der Waals surface area contributed by atoms with E-state index < -0.39 is 0 Å². The Kier molecular flexibility index (Phi) is 7.53. The highest BCUT2D eigenvalue weighted by molar-refractivity contribution is 6.12. The highest BCUT2D eigenvalue weighted by Crippen LogP contribution is 2.39. The zero-order valence-corrected chi connectivity index (χ0v) is 30.7. The summed E-state index contributed by atoms with van der Waals surface area (Å²) in [5.74, 6) is 0. The van der Waals surface area contributed by atoms with Crippen molar-refractivity contribution in [3.8, 4) is 55.9 Å². The molecule has 0 aliphatic carbocycles. The second-order valence-corrected chi connectivity index (χ2v) is 14.6. The van der Waals surface area contributed by atoms with Gasteiger partial charge in [-0.15, -0.1) is 0 Å². The summed E-state index contributed by atoms with van der Waals surface area (Å²) >= 11 is 0. The largest absolute Gasteiger partial charge is 0.309 e. The van der Waals surface area contributed by atoms with E-state index in [4.69, 9.17) is 0 Å². The van der Waals surface area contributed by atoms with Gasteiger partial charge in [0, 0.05) is 32.9 Å². The molecule has 262 valence electrons. The molecular formula is C54H36N2. The van der Waals surface area contributed by atoms with E-state index in [-0.39, 0.29) is 0 Å². The molecular weight excluding hydrogens is 677 g/mol. The first-order valence-electron chi connectivity index (χ1n) is 19.3. The van der Waals surface area contributed by atoms with Crippen molar-refractivity contribution in [1.82, 2.24) is 9.13 Å². The summed E-state index contributed by atoms with van der Waals surface area (Å²) in [7, 11) is 0. The van der Waals surface area contributed by atoms with E-state index in [1.54, 1.807) is 0 Å². The second-order valence-electron chi connectivity index (χ2n) is 14.6. The van der Waals surface area contributed by atoms with E-state index in [1.165, 1.54) is 88.1 Å². The zero-order chi connectivity index (χ0) is 37.0. The van der Waals surface area contributed by atoms with Gasteiger partial charge in [-0.05, 0) is 105 Å². The SMILES string of the molecule is c1ccc(-c2ccc3c4cc(-c5ccc(-c6ccc7c(c6)c6ccc(-c8ccccc8)cc6n7-c6ccccc6)cc5)ccc4n(-c4ccccc4)c3c2)cc1. The number of nitrogens with zero attached hydrogens (tertiary/aromatic N) is 2. The van der Waals surface area contributed by atoms with Crippen LogP contribution in [0.2, 0.25) is 0 Å². The van der Waals surface area contributed by atoms with Crippen LogP contribution in [0.25, 0.3) is 99.5 Å². The molecule has 11 aromatic rings. The van der Waals surface area contributed by atoms with Gasteiger partial charge in [-0.1, -0.05) is 158 Å². The van der Waals surface area contributed by atoms with Gasteiger partial charge in [-0.3, -0.25) is 0 Å². The highest BCUT2D eigenvalue weighted by atomic mass is 15.0. The van der Waals surface area contributed by atoms with E-state index in [0.717, 1.165) is 11.4 Å². The molecule has 0 unspecified atom stereocenters. The van der Waals surface area contributed by atoms with Crippen molar-refractivity contribution in [2.24, 2.45) is 0 Å². The molecule has 0 saturated carbocycles. The lowest BCUT2D eigenvalue weighted by Gasteiger charge is -2.10.